The monoisotopic (exact) mass is 301 g/mol. The lowest BCUT2D eigenvalue weighted by Gasteiger charge is -2.32. The van der Waals surface area contributed by atoms with E-state index in [4.69, 9.17) is 0 Å². The van der Waals surface area contributed by atoms with Gasteiger partial charge in [0.25, 0.3) is 0 Å². The van der Waals surface area contributed by atoms with Crippen LogP contribution in [-0.4, -0.2) is 42.4 Å². The Labute approximate surface area is 129 Å². The topological polar surface area (TPSA) is 69.7 Å². The fourth-order valence-electron chi connectivity index (χ4n) is 2.99. The van der Waals surface area contributed by atoms with Gasteiger partial charge in [-0.2, -0.15) is 0 Å². The summed E-state index contributed by atoms with van der Waals surface area (Å²) in [6.45, 7) is 2.79. The molecule has 1 saturated heterocycles. The molecule has 22 heavy (non-hydrogen) atoms. The maximum atomic E-state index is 12.6. The highest BCUT2D eigenvalue weighted by Gasteiger charge is 2.31. The summed E-state index contributed by atoms with van der Waals surface area (Å²) in [5.41, 5.74) is 3.21. The number of fused-ring (bicyclic) bond motifs is 1. The van der Waals surface area contributed by atoms with Crippen molar-refractivity contribution >= 4 is 23.5 Å². The van der Waals surface area contributed by atoms with Crippen LogP contribution in [0.1, 0.15) is 24.0 Å². The molecular weight excluding hydrogens is 282 g/mol. The van der Waals surface area contributed by atoms with Gasteiger partial charge in [-0.05, 0) is 31.4 Å². The number of nitrogens with one attached hydrogen (secondary N) is 1. The Bertz CT molecular complexity index is 626. The molecule has 4 amide bonds. The molecule has 3 rings (SSSR count). The van der Waals surface area contributed by atoms with Gasteiger partial charge in [-0.15, -0.1) is 0 Å². The van der Waals surface area contributed by atoms with Crippen molar-refractivity contribution in [2.45, 2.75) is 26.2 Å². The molecule has 0 aromatic heterocycles. The number of amides is 4. The minimum absolute atomic E-state index is 0.196. The van der Waals surface area contributed by atoms with Crippen LogP contribution in [0.5, 0.6) is 0 Å². The van der Waals surface area contributed by atoms with E-state index < -0.39 is 6.03 Å². The van der Waals surface area contributed by atoms with E-state index >= 15 is 0 Å². The molecule has 2 aliphatic rings. The van der Waals surface area contributed by atoms with E-state index in [2.05, 4.69) is 11.4 Å². The number of benzene rings is 1. The van der Waals surface area contributed by atoms with Crippen LogP contribution in [0.25, 0.3) is 0 Å². The summed E-state index contributed by atoms with van der Waals surface area (Å²) in [6.07, 6.45) is 2.08. The Hall–Kier alpha value is -2.37. The summed E-state index contributed by atoms with van der Waals surface area (Å²) in [5.74, 6) is -0.506. The van der Waals surface area contributed by atoms with Gasteiger partial charge >= 0.3 is 6.03 Å². The third-order valence-corrected chi connectivity index (χ3v) is 4.11. The van der Waals surface area contributed by atoms with Gasteiger partial charge in [0.15, 0.2) is 0 Å². The predicted octanol–water partition coefficient (Wildman–Crippen LogP) is 1.22. The number of imide groups is 1. The normalized spacial score (nSPS) is 18.0. The van der Waals surface area contributed by atoms with Crippen molar-refractivity contribution in [3.63, 3.8) is 0 Å². The molecule has 0 bridgehead atoms. The molecule has 6 nitrogen and oxygen atoms in total. The Morgan fingerprint density at radius 1 is 1.27 bits per heavy atom. The number of urea groups is 1. The van der Waals surface area contributed by atoms with E-state index in [1.165, 1.54) is 5.56 Å². The van der Waals surface area contributed by atoms with Crippen LogP contribution in [0.4, 0.5) is 10.5 Å². The third-order valence-electron chi connectivity index (χ3n) is 4.11. The highest BCUT2D eigenvalue weighted by Crippen LogP contribution is 2.28. The Balaban J connectivity index is 1.79. The van der Waals surface area contributed by atoms with Crippen molar-refractivity contribution in [2.75, 3.05) is 24.5 Å². The largest absolute Gasteiger partial charge is 0.337 e. The molecule has 1 fully saturated rings. The van der Waals surface area contributed by atoms with Crippen LogP contribution >= 0.6 is 0 Å². The van der Waals surface area contributed by atoms with Gasteiger partial charge in [-0.25, -0.2) is 4.79 Å². The predicted molar refractivity (Wildman–Crippen MR) is 81.6 cm³/mol. The minimum Gasteiger partial charge on any atom is -0.337 e. The third kappa shape index (κ3) is 2.68. The zero-order valence-corrected chi connectivity index (χ0v) is 12.6. The summed E-state index contributed by atoms with van der Waals surface area (Å²) in [5, 5.41) is 2.59. The standard InChI is InChI=1S/C16H19N3O3/c1-11-4-5-13-12(9-11)3-2-8-18(13)15(21)10-19-14(20)6-7-17-16(19)22/h4-5,9H,2-3,6-8,10H2,1H3,(H,17,22). The Morgan fingerprint density at radius 3 is 2.86 bits per heavy atom. The van der Waals surface area contributed by atoms with Gasteiger partial charge in [-0.3, -0.25) is 14.5 Å². The number of hydrogen-bond donors (Lipinski definition) is 1. The molecule has 0 radical (unpaired) electrons. The lowest BCUT2D eigenvalue weighted by molar-refractivity contribution is -0.133. The molecule has 0 spiro atoms. The van der Waals surface area contributed by atoms with E-state index in [9.17, 15) is 14.4 Å². The van der Waals surface area contributed by atoms with Gasteiger partial charge in [0.2, 0.25) is 11.8 Å². The summed E-state index contributed by atoms with van der Waals surface area (Å²) >= 11 is 0. The van der Waals surface area contributed by atoms with Crippen molar-refractivity contribution in [3.8, 4) is 0 Å². The Morgan fingerprint density at radius 2 is 2.09 bits per heavy atom. The second-order valence-corrected chi connectivity index (χ2v) is 5.74. The van der Waals surface area contributed by atoms with Crippen molar-refractivity contribution in [3.05, 3.63) is 29.3 Å². The highest BCUT2D eigenvalue weighted by molar-refractivity contribution is 6.04. The van der Waals surface area contributed by atoms with Crippen LogP contribution < -0.4 is 10.2 Å². The van der Waals surface area contributed by atoms with Crippen molar-refractivity contribution in [1.82, 2.24) is 10.2 Å². The lowest BCUT2D eigenvalue weighted by Crippen LogP contribution is -2.54. The quantitative estimate of drug-likeness (QED) is 0.893. The molecule has 0 atom stereocenters. The van der Waals surface area contributed by atoms with Crippen LogP contribution in [0.2, 0.25) is 0 Å². The first-order chi connectivity index (χ1) is 10.6. The number of carbonyl (C=O) groups is 3. The van der Waals surface area contributed by atoms with Crippen LogP contribution in [-0.2, 0) is 16.0 Å². The summed E-state index contributed by atoms with van der Waals surface area (Å²) < 4.78 is 0. The van der Waals surface area contributed by atoms with Crippen LogP contribution in [0.3, 0.4) is 0 Å². The number of nitrogens with zero attached hydrogens (tertiary/aromatic N) is 2. The smallest absolute Gasteiger partial charge is 0.324 e. The summed E-state index contributed by atoms with van der Waals surface area (Å²) in [4.78, 5) is 38.8. The summed E-state index contributed by atoms with van der Waals surface area (Å²) in [7, 11) is 0. The van der Waals surface area contributed by atoms with Gasteiger partial charge in [0, 0.05) is 25.2 Å². The van der Waals surface area contributed by atoms with Crippen molar-refractivity contribution < 1.29 is 14.4 Å². The second-order valence-electron chi connectivity index (χ2n) is 5.74. The number of aryl methyl sites for hydroxylation is 2. The molecule has 0 unspecified atom stereocenters. The van der Waals surface area contributed by atoms with Crippen molar-refractivity contribution in [1.29, 1.82) is 0 Å². The Kier molecular flexibility index (Phi) is 3.83. The maximum absolute atomic E-state index is 12.6. The van der Waals surface area contributed by atoms with E-state index in [0.717, 1.165) is 29.0 Å². The fraction of sp³-hybridized carbons (Fsp3) is 0.438. The van der Waals surface area contributed by atoms with Gasteiger partial charge in [0.1, 0.15) is 6.54 Å². The lowest BCUT2D eigenvalue weighted by atomic mass is 9.99. The molecule has 2 aliphatic heterocycles. The zero-order valence-electron chi connectivity index (χ0n) is 12.6. The van der Waals surface area contributed by atoms with Gasteiger partial charge < -0.3 is 10.2 Å². The molecular formula is C16H19N3O3. The molecule has 0 aliphatic carbocycles. The first kappa shape index (κ1) is 14.6. The maximum Gasteiger partial charge on any atom is 0.324 e. The SMILES string of the molecule is Cc1ccc2c(c1)CCCN2C(=O)CN1C(=O)CCNC1=O. The van der Waals surface area contributed by atoms with E-state index in [1.807, 2.05) is 19.1 Å². The average molecular weight is 301 g/mol. The number of carbonyl (C=O) groups excluding carboxylic acids is 3. The van der Waals surface area contributed by atoms with E-state index in [-0.39, 0.29) is 24.8 Å². The van der Waals surface area contributed by atoms with Crippen LogP contribution in [0, 0.1) is 6.92 Å². The molecule has 6 heteroatoms. The van der Waals surface area contributed by atoms with E-state index in [0.29, 0.717) is 13.1 Å². The highest BCUT2D eigenvalue weighted by atomic mass is 16.2. The van der Waals surface area contributed by atoms with Crippen LogP contribution in [0.15, 0.2) is 18.2 Å². The van der Waals surface area contributed by atoms with Crippen molar-refractivity contribution in [2.24, 2.45) is 0 Å². The molecule has 1 aromatic carbocycles. The fourth-order valence-corrected chi connectivity index (χ4v) is 2.99. The molecule has 1 N–H and O–H groups in total. The molecule has 2 heterocycles. The number of anilines is 1. The second kappa shape index (κ2) is 5.79. The number of rotatable bonds is 2. The van der Waals surface area contributed by atoms with Gasteiger partial charge in [-0.1, -0.05) is 17.7 Å². The molecule has 0 saturated carbocycles. The van der Waals surface area contributed by atoms with E-state index in [1.54, 1.807) is 4.90 Å². The van der Waals surface area contributed by atoms with Gasteiger partial charge in [0.05, 0.1) is 0 Å². The molecule has 1 aromatic rings. The summed E-state index contributed by atoms with van der Waals surface area (Å²) in [6, 6.07) is 5.53. The first-order valence-electron chi connectivity index (χ1n) is 7.54. The average Bonchev–Trinajstić information content (AvgIpc) is 2.50. The first-order valence-corrected chi connectivity index (χ1v) is 7.54. The zero-order chi connectivity index (χ0) is 15.7. The minimum atomic E-state index is -0.481. The molecule has 116 valence electrons. The number of hydrogen-bond acceptors (Lipinski definition) is 3.